The van der Waals surface area contributed by atoms with Crippen LogP contribution in [0.5, 0.6) is 0 Å². The van der Waals surface area contributed by atoms with Crippen LogP contribution in [-0.4, -0.2) is 14.8 Å². The van der Waals surface area contributed by atoms with Crippen LogP contribution in [0.2, 0.25) is 0 Å². The van der Waals surface area contributed by atoms with E-state index in [1.807, 2.05) is 7.05 Å². The van der Waals surface area contributed by atoms with Crippen molar-refractivity contribution < 1.29 is 0 Å². The fourth-order valence-electron chi connectivity index (χ4n) is 1.85. The summed E-state index contributed by atoms with van der Waals surface area (Å²) in [6.45, 7) is 3.75. The van der Waals surface area contributed by atoms with Crippen LogP contribution < -0.4 is 5.32 Å². The van der Waals surface area contributed by atoms with Gasteiger partial charge in [0, 0.05) is 13.6 Å². The highest BCUT2D eigenvalue weighted by molar-refractivity contribution is 5.26. The Labute approximate surface area is 102 Å². The van der Waals surface area contributed by atoms with Crippen molar-refractivity contribution in [1.82, 2.24) is 20.1 Å². The number of nitrogens with zero attached hydrogens (tertiary/aromatic N) is 3. The molecule has 2 aromatic rings. The van der Waals surface area contributed by atoms with Gasteiger partial charge in [0.05, 0.1) is 6.54 Å². The first-order valence-electron chi connectivity index (χ1n) is 5.91. The topological polar surface area (TPSA) is 42.7 Å². The number of aromatic nitrogens is 3. The highest BCUT2D eigenvalue weighted by Crippen LogP contribution is 2.08. The van der Waals surface area contributed by atoms with Gasteiger partial charge in [0.1, 0.15) is 6.33 Å². The molecule has 0 aliphatic carbocycles. The summed E-state index contributed by atoms with van der Waals surface area (Å²) >= 11 is 0. The number of rotatable bonds is 5. The summed E-state index contributed by atoms with van der Waals surface area (Å²) in [5.74, 6) is 0.835. The zero-order chi connectivity index (χ0) is 12.1. The van der Waals surface area contributed by atoms with Gasteiger partial charge in [-0.3, -0.25) is 4.68 Å². The fraction of sp³-hybridized carbons (Fsp3) is 0.385. The molecule has 0 atom stereocenters. The van der Waals surface area contributed by atoms with Gasteiger partial charge in [-0.25, -0.2) is 4.98 Å². The maximum Gasteiger partial charge on any atom is 0.164 e. The van der Waals surface area contributed by atoms with Gasteiger partial charge >= 0.3 is 0 Å². The Bertz CT molecular complexity index is 476. The van der Waals surface area contributed by atoms with Crippen LogP contribution in [0.3, 0.4) is 0 Å². The smallest absolute Gasteiger partial charge is 0.164 e. The molecule has 17 heavy (non-hydrogen) atoms. The van der Waals surface area contributed by atoms with Crippen molar-refractivity contribution in [2.45, 2.75) is 26.4 Å². The summed E-state index contributed by atoms with van der Waals surface area (Å²) in [4.78, 5) is 4.18. The second-order valence-electron chi connectivity index (χ2n) is 4.06. The molecule has 0 bridgehead atoms. The molecule has 0 radical (unpaired) electrons. The molecule has 1 aromatic heterocycles. The zero-order valence-corrected chi connectivity index (χ0v) is 10.3. The molecule has 0 unspecified atom stereocenters. The molecule has 0 aliphatic rings. The Morgan fingerprint density at radius 1 is 1.18 bits per heavy atom. The van der Waals surface area contributed by atoms with Crippen molar-refractivity contribution in [3.05, 3.63) is 47.5 Å². The van der Waals surface area contributed by atoms with E-state index in [0.29, 0.717) is 6.54 Å². The predicted molar refractivity (Wildman–Crippen MR) is 67.4 cm³/mol. The molecule has 1 N–H and O–H groups in total. The average Bonchev–Trinajstić information content (AvgIpc) is 2.76. The first kappa shape index (κ1) is 11.8. The minimum absolute atomic E-state index is 0.707. The minimum Gasteiger partial charge on any atom is -0.306 e. The molecule has 4 heteroatoms. The summed E-state index contributed by atoms with van der Waals surface area (Å²) in [6.07, 6.45) is 2.79. The van der Waals surface area contributed by atoms with Crippen molar-refractivity contribution in [2.75, 3.05) is 0 Å². The van der Waals surface area contributed by atoms with Gasteiger partial charge in [0.15, 0.2) is 5.82 Å². The average molecular weight is 230 g/mol. The lowest BCUT2D eigenvalue weighted by Gasteiger charge is -2.07. The van der Waals surface area contributed by atoms with Gasteiger partial charge in [0.25, 0.3) is 0 Å². The Morgan fingerprint density at radius 2 is 1.94 bits per heavy atom. The van der Waals surface area contributed by atoms with E-state index in [9.17, 15) is 0 Å². The Morgan fingerprint density at radius 3 is 2.59 bits per heavy atom. The third-order valence-electron chi connectivity index (χ3n) is 2.74. The van der Waals surface area contributed by atoms with Crippen LogP contribution in [0.15, 0.2) is 30.6 Å². The molecule has 0 aliphatic heterocycles. The van der Waals surface area contributed by atoms with Crippen molar-refractivity contribution in [3.8, 4) is 0 Å². The van der Waals surface area contributed by atoms with E-state index in [4.69, 9.17) is 0 Å². The van der Waals surface area contributed by atoms with Crippen LogP contribution in [0.4, 0.5) is 0 Å². The molecule has 1 aromatic carbocycles. The highest BCUT2D eigenvalue weighted by atomic mass is 15.3. The zero-order valence-electron chi connectivity index (χ0n) is 10.3. The number of hydrogen-bond acceptors (Lipinski definition) is 3. The largest absolute Gasteiger partial charge is 0.306 e. The van der Waals surface area contributed by atoms with Crippen molar-refractivity contribution in [3.63, 3.8) is 0 Å². The van der Waals surface area contributed by atoms with Crippen LogP contribution >= 0.6 is 0 Å². The van der Waals surface area contributed by atoms with E-state index in [1.54, 1.807) is 11.0 Å². The molecular weight excluding hydrogens is 212 g/mol. The summed E-state index contributed by atoms with van der Waals surface area (Å²) in [7, 11) is 1.88. The molecule has 0 fully saturated rings. The quantitative estimate of drug-likeness (QED) is 0.849. The molecule has 0 spiro atoms. The lowest BCUT2D eigenvalue weighted by atomic mass is 10.1. The third-order valence-corrected chi connectivity index (χ3v) is 2.74. The summed E-state index contributed by atoms with van der Waals surface area (Å²) in [6, 6.07) is 8.51. The summed E-state index contributed by atoms with van der Waals surface area (Å²) < 4.78 is 1.72. The van der Waals surface area contributed by atoms with E-state index in [1.165, 1.54) is 11.1 Å². The molecule has 0 saturated carbocycles. The maximum absolute atomic E-state index is 4.23. The van der Waals surface area contributed by atoms with E-state index in [0.717, 1.165) is 18.8 Å². The first-order chi connectivity index (χ1) is 8.29. The molecule has 4 nitrogen and oxygen atoms in total. The summed E-state index contributed by atoms with van der Waals surface area (Å²) in [5.41, 5.74) is 2.75. The van der Waals surface area contributed by atoms with Gasteiger partial charge in [0.2, 0.25) is 0 Å². The monoisotopic (exact) mass is 230 g/mol. The van der Waals surface area contributed by atoms with E-state index >= 15 is 0 Å². The standard InChI is InChI=1S/C13H18N4/c1-3-11-6-4-5-7-12(11)8-14-9-13-15-10-17(2)16-13/h4-7,10,14H,3,8-9H2,1-2H3. The van der Waals surface area contributed by atoms with Crippen LogP contribution in [-0.2, 0) is 26.6 Å². The second-order valence-corrected chi connectivity index (χ2v) is 4.06. The molecule has 0 saturated heterocycles. The fourth-order valence-corrected chi connectivity index (χ4v) is 1.85. The Kier molecular flexibility index (Phi) is 3.88. The van der Waals surface area contributed by atoms with Crippen LogP contribution in [0.1, 0.15) is 23.9 Å². The highest BCUT2D eigenvalue weighted by Gasteiger charge is 2.01. The second kappa shape index (κ2) is 5.59. The van der Waals surface area contributed by atoms with Gasteiger partial charge in [-0.05, 0) is 17.5 Å². The minimum atomic E-state index is 0.707. The van der Waals surface area contributed by atoms with Gasteiger partial charge in [-0.15, -0.1) is 0 Å². The summed E-state index contributed by atoms with van der Waals surface area (Å²) in [5, 5.41) is 7.60. The van der Waals surface area contributed by atoms with Crippen LogP contribution in [0, 0.1) is 0 Å². The number of benzene rings is 1. The van der Waals surface area contributed by atoms with E-state index in [2.05, 4.69) is 46.6 Å². The number of nitrogens with one attached hydrogen (secondary N) is 1. The predicted octanol–water partition coefficient (Wildman–Crippen LogP) is 1.67. The van der Waals surface area contributed by atoms with Gasteiger partial charge < -0.3 is 5.32 Å². The Hall–Kier alpha value is -1.68. The molecular formula is C13H18N4. The molecule has 0 amide bonds. The molecule has 2 rings (SSSR count). The third kappa shape index (κ3) is 3.14. The van der Waals surface area contributed by atoms with Crippen molar-refractivity contribution in [1.29, 1.82) is 0 Å². The molecule has 1 heterocycles. The maximum atomic E-state index is 4.23. The number of hydrogen-bond donors (Lipinski definition) is 1. The molecule has 90 valence electrons. The SMILES string of the molecule is CCc1ccccc1CNCc1ncn(C)n1. The van der Waals surface area contributed by atoms with Gasteiger partial charge in [-0.1, -0.05) is 31.2 Å². The van der Waals surface area contributed by atoms with Gasteiger partial charge in [-0.2, -0.15) is 5.10 Å². The lowest BCUT2D eigenvalue weighted by molar-refractivity contribution is 0.646. The van der Waals surface area contributed by atoms with Crippen molar-refractivity contribution in [2.24, 2.45) is 7.05 Å². The lowest BCUT2D eigenvalue weighted by Crippen LogP contribution is -2.15. The number of aryl methyl sites for hydroxylation is 2. The van der Waals surface area contributed by atoms with Crippen LogP contribution in [0.25, 0.3) is 0 Å². The Balaban J connectivity index is 1.89. The van der Waals surface area contributed by atoms with E-state index in [-0.39, 0.29) is 0 Å². The van der Waals surface area contributed by atoms with Crippen molar-refractivity contribution >= 4 is 0 Å². The first-order valence-corrected chi connectivity index (χ1v) is 5.91. The normalized spacial score (nSPS) is 10.7. The van der Waals surface area contributed by atoms with E-state index < -0.39 is 0 Å².